The number of likely N-dealkylation sites (N-methyl/N-ethyl adjacent to an activating group) is 1. The largest absolute Gasteiger partial charge is 0.493 e. The molecular formula is C26H39N5O4. The molecule has 2 aromatic rings. The third-order valence-corrected chi connectivity index (χ3v) is 7.06. The van der Waals surface area contributed by atoms with Crippen molar-refractivity contribution >= 4 is 22.6 Å². The van der Waals surface area contributed by atoms with Crippen LogP contribution in [0.1, 0.15) is 31.7 Å². The van der Waals surface area contributed by atoms with Gasteiger partial charge in [0.25, 0.3) is 0 Å². The zero-order valence-corrected chi connectivity index (χ0v) is 21.5. The highest BCUT2D eigenvalue weighted by Gasteiger charge is 2.26. The average molecular weight is 486 g/mol. The van der Waals surface area contributed by atoms with E-state index in [-0.39, 0.29) is 5.91 Å². The predicted octanol–water partition coefficient (Wildman–Crippen LogP) is 2.41. The van der Waals surface area contributed by atoms with E-state index in [9.17, 15) is 4.79 Å². The number of hydrogen-bond acceptors (Lipinski definition) is 8. The monoisotopic (exact) mass is 485 g/mol. The Morgan fingerprint density at radius 3 is 2.66 bits per heavy atom. The fourth-order valence-corrected chi connectivity index (χ4v) is 5.14. The van der Waals surface area contributed by atoms with E-state index < -0.39 is 0 Å². The summed E-state index contributed by atoms with van der Waals surface area (Å²) in [6, 6.07) is 4.13. The molecule has 1 saturated heterocycles. The van der Waals surface area contributed by atoms with Crippen LogP contribution in [0.5, 0.6) is 17.2 Å². The van der Waals surface area contributed by atoms with Crippen LogP contribution >= 0.6 is 0 Å². The number of aromatic nitrogens is 1. The van der Waals surface area contributed by atoms with Crippen LogP contribution < -0.4 is 29.7 Å². The van der Waals surface area contributed by atoms with Gasteiger partial charge in [-0.2, -0.15) is 0 Å². The number of benzene rings is 1. The van der Waals surface area contributed by atoms with Crippen LogP contribution in [-0.2, 0) is 11.3 Å². The number of nitrogens with one attached hydrogen (secondary N) is 2. The SMILES string of the molecule is CCN1CCNCCC(=O)NCC2CCCN(C2)c2nc3cc(OC)c(OC)c(OC)c3cc2C1. The lowest BCUT2D eigenvalue weighted by Gasteiger charge is -2.35. The lowest BCUT2D eigenvalue weighted by Crippen LogP contribution is -2.42. The van der Waals surface area contributed by atoms with Gasteiger partial charge in [-0.1, -0.05) is 6.92 Å². The van der Waals surface area contributed by atoms with E-state index in [1.54, 1.807) is 21.3 Å². The standard InChI is InChI=1S/C26H39N5O4/c1-5-30-12-10-27-9-8-23(32)28-15-18-7-6-11-31(16-18)26-19(17-30)13-20-21(29-26)14-22(33-2)25(35-4)24(20)34-3/h13-14,18,27H,5-12,15-17H2,1-4H3,(H,28,32). The highest BCUT2D eigenvalue weighted by molar-refractivity contribution is 5.92. The summed E-state index contributed by atoms with van der Waals surface area (Å²) in [7, 11) is 4.90. The van der Waals surface area contributed by atoms with Crippen LogP contribution in [-0.4, -0.2) is 82.9 Å². The van der Waals surface area contributed by atoms with E-state index in [0.29, 0.717) is 42.7 Å². The first-order chi connectivity index (χ1) is 17.1. The van der Waals surface area contributed by atoms with E-state index in [1.807, 2.05) is 6.07 Å². The maximum Gasteiger partial charge on any atom is 0.221 e. The Labute approximate surface area is 208 Å². The number of hydrogen-bond donors (Lipinski definition) is 2. The minimum atomic E-state index is 0.120. The van der Waals surface area contributed by atoms with Crippen molar-refractivity contribution < 1.29 is 19.0 Å². The Morgan fingerprint density at radius 1 is 1.09 bits per heavy atom. The van der Waals surface area contributed by atoms with Crippen molar-refractivity contribution in [3.05, 3.63) is 17.7 Å². The number of carbonyl (C=O) groups excluding carboxylic acids is 1. The normalized spacial score (nSPS) is 20.4. The van der Waals surface area contributed by atoms with E-state index in [1.165, 1.54) is 5.56 Å². The number of ether oxygens (including phenoxy) is 3. The smallest absolute Gasteiger partial charge is 0.221 e. The molecule has 1 aromatic carbocycles. The molecule has 1 atom stereocenters. The van der Waals surface area contributed by atoms with Crippen LogP contribution in [0.15, 0.2) is 12.1 Å². The zero-order valence-electron chi connectivity index (χ0n) is 21.5. The van der Waals surface area contributed by atoms with Crippen molar-refractivity contribution in [1.82, 2.24) is 20.5 Å². The van der Waals surface area contributed by atoms with Crippen LogP contribution in [0.25, 0.3) is 10.9 Å². The molecule has 0 saturated carbocycles. The van der Waals surface area contributed by atoms with Crippen LogP contribution in [0.3, 0.4) is 0 Å². The molecule has 1 unspecified atom stereocenters. The van der Waals surface area contributed by atoms with Crippen molar-refractivity contribution in [2.45, 2.75) is 32.7 Å². The number of carbonyl (C=O) groups is 1. The molecule has 2 aliphatic heterocycles. The highest BCUT2D eigenvalue weighted by atomic mass is 16.5. The number of pyridine rings is 1. The third kappa shape index (κ3) is 5.73. The van der Waals surface area contributed by atoms with E-state index in [0.717, 1.165) is 68.8 Å². The third-order valence-electron chi connectivity index (χ3n) is 7.06. The Morgan fingerprint density at radius 2 is 1.91 bits per heavy atom. The molecule has 4 rings (SSSR count). The van der Waals surface area contributed by atoms with E-state index in [2.05, 4.69) is 33.4 Å². The quantitative estimate of drug-likeness (QED) is 0.683. The zero-order chi connectivity index (χ0) is 24.8. The number of fused-ring (bicyclic) bond motifs is 5. The van der Waals surface area contributed by atoms with Gasteiger partial charge in [0.15, 0.2) is 11.5 Å². The molecule has 0 aliphatic carbocycles. The summed E-state index contributed by atoms with van der Waals surface area (Å²) in [5.74, 6) is 3.34. The molecule has 2 bridgehead atoms. The number of methoxy groups -OCH3 is 3. The van der Waals surface area contributed by atoms with Gasteiger partial charge in [-0.15, -0.1) is 0 Å². The van der Waals surface area contributed by atoms with Gasteiger partial charge >= 0.3 is 0 Å². The summed E-state index contributed by atoms with van der Waals surface area (Å²) in [5, 5.41) is 7.47. The fraction of sp³-hybridized carbons (Fsp3) is 0.615. The first kappa shape index (κ1) is 25.3. The fourth-order valence-electron chi connectivity index (χ4n) is 5.14. The van der Waals surface area contributed by atoms with Gasteiger partial charge in [0, 0.05) is 69.3 Å². The molecule has 1 fully saturated rings. The van der Waals surface area contributed by atoms with Gasteiger partial charge < -0.3 is 29.7 Å². The molecule has 2 aliphatic rings. The Balaban J connectivity index is 1.81. The van der Waals surface area contributed by atoms with Crippen LogP contribution in [0.4, 0.5) is 5.82 Å². The van der Waals surface area contributed by atoms with Gasteiger partial charge in [-0.3, -0.25) is 9.69 Å². The molecule has 3 heterocycles. The number of anilines is 1. The summed E-state index contributed by atoms with van der Waals surface area (Å²) in [6.07, 6.45) is 2.70. The second-order valence-corrected chi connectivity index (χ2v) is 9.31. The summed E-state index contributed by atoms with van der Waals surface area (Å²) >= 11 is 0. The van der Waals surface area contributed by atoms with Gasteiger partial charge in [0.2, 0.25) is 11.7 Å². The first-order valence-corrected chi connectivity index (χ1v) is 12.6. The first-order valence-electron chi connectivity index (χ1n) is 12.6. The summed E-state index contributed by atoms with van der Waals surface area (Å²) in [4.78, 5) is 22.3. The Hall–Kier alpha value is -2.78. The van der Waals surface area contributed by atoms with Crippen molar-refractivity contribution in [2.24, 2.45) is 5.92 Å². The molecule has 192 valence electrons. The lowest BCUT2D eigenvalue weighted by atomic mass is 9.97. The van der Waals surface area contributed by atoms with E-state index in [4.69, 9.17) is 19.2 Å². The van der Waals surface area contributed by atoms with Gasteiger partial charge in [-0.05, 0) is 31.4 Å². The van der Waals surface area contributed by atoms with Gasteiger partial charge in [0.1, 0.15) is 5.82 Å². The molecule has 9 heteroatoms. The molecule has 1 amide bonds. The molecular weight excluding hydrogens is 446 g/mol. The number of amides is 1. The second kappa shape index (κ2) is 11.8. The highest BCUT2D eigenvalue weighted by Crippen LogP contribution is 2.44. The average Bonchev–Trinajstić information content (AvgIpc) is 2.89. The maximum atomic E-state index is 12.3. The lowest BCUT2D eigenvalue weighted by molar-refractivity contribution is -0.121. The molecule has 2 N–H and O–H groups in total. The van der Waals surface area contributed by atoms with Crippen LogP contribution in [0, 0.1) is 5.92 Å². The van der Waals surface area contributed by atoms with Crippen molar-refractivity contribution in [3.63, 3.8) is 0 Å². The summed E-state index contributed by atoms with van der Waals surface area (Å²) < 4.78 is 17.0. The second-order valence-electron chi connectivity index (χ2n) is 9.31. The Kier molecular flexibility index (Phi) is 8.51. The molecule has 0 spiro atoms. The minimum Gasteiger partial charge on any atom is -0.493 e. The minimum absolute atomic E-state index is 0.120. The van der Waals surface area contributed by atoms with Gasteiger partial charge in [0.05, 0.1) is 26.8 Å². The van der Waals surface area contributed by atoms with Crippen LogP contribution in [0.2, 0.25) is 0 Å². The molecule has 1 aromatic heterocycles. The Bertz CT molecular complexity index is 1030. The summed E-state index contributed by atoms with van der Waals surface area (Å²) in [5.41, 5.74) is 1.99. The number of rotatable bonds is 4. The molecule has 9 nitrogen and oxygen atoms in total. The predicted molar refractivity (Wildman–Crippen MR) is 138 cm³/mol. The van der Waals surface area contributed by atoms with E-state index >= 15 is 0 Å². The topological polar surface area (TPSA) is 88.2 Å². The van der Waals surface area contributed by atoms with Gasteiger partial charge in [-0.25, -0.2) is 4.98 Å². The molecule has 35 heavy (non-hydrogen) atoms. The van der Waals surface area contributed by atoms with Crippen molar-refractivity contribution in [3.8, 4) is 17.2 Å². The number of nitrogens with zero attached hydrogens (tertiary/aromatic N) is 3. The number of piperidine rings is 1. The van der Waals surface area contributed by atoms with Crippen molar-refractivity contribution in [1.29, 1.82) is 0 Å². The summed E-state index contributed by atoms with van der Waals surface area (Å²) in [6.45, 7) is 8.84. The maximum absolute atomic E-state index is 12.3. The molecule has 0 radical (unpaired) electrons. The van der Waals surface area contributed by atoms with Crippen molar-refractivity contribution in [2.75, 3.05) is 72.0 Å².